The zero-order valence-electron chi connectivity index (χ0n) is 14.2. The third-order valence-electron chi connectivity index (χ3n) is 4.12. The fraction of sp³-hybridized carbons (Fsp3) is 0.556. The molecule has 1 heterocycles. The van der Waals surface area contributed by atoms with Gasteiger partial charge in [0.05, 0.1) is 0 Å². The number of nitrogens with zero attached hydrogens (tertiary/aromatic N) is 2. The van der Waals surface area contributed by atoms with Crippen LogP contribution < -0.4 is 4.74 Å². The lowest BCUT2D eigenvalue weighted by atomic mass is 10.2. The Labute approximate surface area is 148 Å². The van der Waals surface area contributed by atoms with Crippen LogP contribution in [0.5, 0.6) is 5.75 Å². The highest BCUT2D eigenvalue weighted by Gasteiger charge is 2.21. The fourth-order valence-corrected chi connectivity index (χ4v) is 2.80. The number of amides is 2. The largest absolute Gasteiger partial charge is 0.484 e. The molecular weight excluding hydrogens is 328 g/mol. The molecule has 24 heavy (non-hydrogen) atoms. The highest BCUT2D eigenvalue weighted by atomic mass is 35.5. The predicted octanol–water partition coefficient (Wildman–Crippen LogP) is 2.97. The van der Waals surface area contributed by atoms with Crippen LogP contribution in [0.15, 0.2) is 24.3 Å². The first kappa shape index (κ1) is 18.6. The van der Waals surface area contributed by atoms with Gasteiger partial charge < -0.3 is 14.5 Å². The molecule has 1 aromatic rings. The van der Waals surface area contributed by atoms with Gasteiger partial charge in [-0.3, -0.25) is 9.59 Å². The van der Waals surface area contributed by atoms with E-state index in [2.05, 4.69) is 6.92 Å². The van der Waals surface area contributed by atoms with Crippen molar-refractivity contribution in [1.82, 2.24) is 9.80 Å². The minimum atomic E-state index is -0.0483. The van der Waals surface area contributed by atoms with Gasteiger partial charge in [-0.2, -0.15) is 0 Å². The number of hydrogen-bond donors (Lipinski definition) is 0. The molecule has 0 bridgehead atoms. The van der Waals surface area contributed by atoms with Crippen molar-refractivity contribution in [3.05, 3.63) is 29.3 Å². The molecule has 1 aliphatic heterocycles. The average Bonchev–Trinajstić information content (AvgIpc) is 2.85. The maximum atomic E-state index is 12.3. The van der Waals surface area contributed by atoms with Crippen molar-refractivity contribution in [3.8, 4) is 5.75 Å². The van der Waals surface area contributed by atoms with Crippen LogP contribution in [0.4, 0.5) is 0 Å². The Morgan fingerprint density at radius 3 is 2.29 bits per heavy atom. The quantitative estimate of drug-likeness (QED) is 0.790. The highest BCUT2D eigenvalue weighted by molar-refractivity contribution is 6.30. The van der Waals surface area contributed by atoms with Gasteiger partial charge >= 0.3 is 0 Å². The molecule has 2 rings (SSSR count). The number of unbranched alkanes of at least 4 members (excludes halogenated alkanes) is 1. The van der Waals surface area contributed by atoms with Crippen LogP contribution in [0.3, 0.4) is 0 Å². The second-order valence-corrected chi connectivity index (χ2v) is 6.40. The maximum absolute atomic E-state index is 12.3. The summed E-state index contributed by atoms with van der Waals surface area (Å²) in [4.78, 5) is 28.1. The van der Waals surface area contributed by atoms with Gasteiger partial charge in [0.25, 0.3) is 5.91 Å². The number of benzene rings is 1. The molecule has 1 aliphatic rings. The summed E-state index contributed by atoms with van der Waals surface area (Å²) in [6.45, 7) is 4.66. The molecule has 5 nitrogen and oxygen atoms in total. The van der Waals surface area contributed by atoms with E-state index in [9.17, 15) is 9.59 Å². The molecular formula is C18H25ClN2O3. The summed E-state index contributed by atoms with van der Waals surface area (Å²) in [7, 11) is 0. The van der Waals surface area contributed by atoms with E-state index in [4.69, 9.17) is 16.3 Å². The molecule has 1 aromatic carbocycles. The number of halogens is 1. The first-order valence-corrected chi connectivity index (χ1v) is 8.92. The minimum Gasteiger partial charge on any atom is -0.484 e. The van der Waals surface area contributed by atoms with E-state index in [-0.39, 0.29) is 18.4 Å². The second kappa shape index (κ2) is 9.52. The summed E-state index contributed by atoms with van der Waals surface area (Å²) in [6, 6.07) is 6.94. The first-order valence-electron chi connectivity index (χ1n) is 8.54. The molecule has 0 N–H and O–H groups in total. The van der Waals surface area contributed by atoms with Crippen molar-refractivity contribution < 1.29 is 14.3 Å². The van der Waals surface area contributed by atoms with Crippen LogP contribution in [-0.4, -0.2) is 54.4 Å². The van der Waals surface area contributed by atoms with Gasteiger partial charge in [0.15, 0.2) is 6.61 Å². The smallest absolute Gasteiger partial charge is 0.260 e. The van der Waals surface area contributed by atoms with Crippen molar-refractivity contribution >= 4 is 23.4 Å². The summed E-state index contributed by atoms with van der Waals surface area (Å²) in [5.74, 6) is 0.773. The van der Waals surface area contributed by atoms with Gasteiger partial charge in [-0.1, -0.05) is 24.9 Å². The predicted molar refractivity (Wildman–Crippen MR) is 94.2 cm³/mol. The molecule has 0 atom stereocenters. The molecule has 132 valence electrons. The van der Waals surface area contributed by atoms with E-state index < -0.39 is 0 Å². The molecule has 1 fully saturated rings. The molecule has 0 aromatic heterocycles. The van der Waals surface area contributed by atoms with Gasteiger partial charge in [0.2, 0.25) is 5.91 Å². The molecule has 0 unspecified atom stereocenters. The third-order valence-corrected chi connectivity index (χ3v) is 4.37. The number of carbonyl (C=O) groups excluding carboxylic acids is 2. The number of hydrogen-bond acceptors (Lipinski definition) is 3. The Morgan fingerprint density at radius 2 is 1.67 bits per heavy atom. The van der Waals surface area contributed by atoms with E-state index in [0.717, 1.165) is 25.8 Å². The molecule has 0 saturated carbocycles. The van der Waals surface area contributed by atoms with Crippen molar-refractivity contribution in [2.75, 3.05) is 32.8 Å². The van der Waals surface area contributed by atoms with E-state index in [1.165, 1.54) is 0 Å². The van der Waals surface area contributed by atoms with E-state index in [1.54, 1.807) is 29.2 Å². The Kier molecular flexibility index (Phi) is 7.37. The standard InChI is InChI=1S/C18H25ClN2O3/c1-2-3-5-17(22)20-10-4-11-21(13-12-20)18(23)14-24-16-8-6-15(19)7-9-16/h6-9H,2-5,10-14H2,1H3. The average molecular weight is 353 g/mol. The number of rotatable bonds is 6. The van der Waals surface area contributed by atoms with Crippen LogP contribution >= 0.6 is 11.6 Å². The van der Waals surface area contributed by atoms with E-state index in [0.29, 0.717) is 36.8 Å². The molecule has 0 radical (unpaired) electrons. The molecule has 1 saturated heterocycles. The molecule has 0 spiro atoms. The lowest BCUT2D eigenvalue weighted by molar-refractivity contribution is -0.134. The summed E-state index contributed by atoms with van der Waals surface area (Å²) >= 11 is 5.82. The SMILES string of the molecule is CCCCC(=O)N1CCCN(C(=O)COc2ccc(Cl)cc2)CC1. The van der Waals surface area contributed by atoms with Crippen molar-refractivity contribution in [3.63, 3.8) is 0 Å². The Morgan fingerprint density at radius 1 is 1.04 bits per heavy atom. The second-order valence-electron chi connectivity index (χ2n) is 5.96. The van der Waals surface area contributed by atoms with Crippen molar-refractivity contribution in [2.24, 2.45) is 0 Å². The number of carbonyl (C=O) groups is 2. The Balaban J connectivity index is 1.78. The third kappa shape index (κ3) is 5.71. The van der Waals surface area contributed by atoms with Gasteiger partial charge in [0, 0.05) is 37.6 Å². The normalized spacial score (nSPS) is 15.1. The molecule has 6 heteroatoms. The maximum Gasteiger partial charge on any atom is 0.260 e. The van der Waals surface area contributed by atoms with Gasteiger partial charge in [-0.05, 0) is 37.1 Å². The van der Waals surface area contributed by atoms with Crippen molar-refractivity contribution in [2.45, 2.75) is 32.6 Å². The molecule has 2 amide bonds. The monoisotopic (exact) mass is 352 g/mol. The lowest BCUT2D eigenvalue weighted by Crippen LogP contribution is -2.39. The van der Waals surface area contributed by atoms with Crippen molar-refractivity contribution in [1.29, 1.82) is 0 Å². The summed E-state index contributed by atoms with van der Waals surface area (Å²) in [6.07, 6.45) is 3.35. The number of ether oxygens (including phenoxy) is 1. The summed E-state index contributed by atoms with van der Waals surface area (Å²) in [5.41, 5.74) is 0. The van der Waals surface area contributed by atoms with Gasteiger partial charge in [-0.15, -0.1) is 0 Å². The zero-order chi connectivity index (χ0) is 17.4. The fourth-order valence-electron chi connectivity index (χ4n) is 2.67. The lowest BCUT2D eigenvalue weighted by Gasteiger charge is -2.22. The first-order chi connectivity index (χ1) is 11.6. The zero-order valence-corrected chi connectivity index (χ0v) is 14.9. The topological polar surface area (TPSA) is 49.9 Å². The Bertz CT molecular complexity index is 548. The van der Waals surface area contributed by atoms with E-state index in [1.807, 2.05) is 4.90 Å². The van der Waals surface area contributed by atoms with Crippen LogP contribution in [0, 0.1) is 0 Å². The van der Waals surface area contributed by atoms with Crippen LogP contribution in [-0.2, 0) is 9.59 Å². The van der Waals surface area contributed by atoms with Gasteiger partial charge in [-0.25, -0.2) is 0 Å². The Hall–Kier alpha value is -1.75. The van der Waals surface area contributed by atoms with Crippen LogP contribution in [0.1, 0.15) is 32.6 Å². The molecule has 0 aliphatic carbocycles. The summed E-state index contributed by atoms with van der Waals surface area (Å²) in [5, 5.41) is 0.633. The van der Waals surface area contributed by atoms with Crippen LogP contribution in [0.25, 0.3) is 0 Å². The highest BCUT2D eigenvalue weighted by Crippen LogP contribution is 2.15. The minimum absolute atomic E-state index is 0.00537. The summed E-state index contributed by atoms with van der Waals surface area (Å²) < 4.78 is 5.51. The van der Waals surface area contributed by atoms with Crippen LogP contribution in [0.2, 0.25) is 5.02 Å². The van der Waals surface area contributed by atoms with E-state index >= 15 is 0 Å². The van der Waals surface area contributed by atoms with Gasteiger partial charge in [0.1, 0.15) is 5.75 Å².